The van der Waals surface area contributed by atoms with Crippen LogP contribution in [0.2, 0.25) is 0 Å². The molecule has 0 aliphatic rings. The molecule has 1 aromatic carbocycles. The van der Waals surface area contributed by atoms with Gasteiger partial charge < -0.3 is 5.32 Å². The van der Waals surface area contributed by atoms with Crippen LogP contribution in [0.1, 0.15) is 58.6 Å². The number of hydrogen-bond donors (Lipinski definition) is 1. The van der Waals surface area contributed by atoms with Crippen molar-refractivity contribution in [2.45, 2.75) is 53.0 Å². The van der Waals surface area contributed by atoms with Crippen molar-refractivity contribution in [2.24, 2.45) is 0 Å². The van der Waals surface area contributed by atoms with E-state index in [-0.39, 0.29) is 5.54 Å². The Hall–Kier alpha value is -1.08. The minimum absolute atomic E-state index is 0.177. The zero-order valence-electron chi connectivity index (χ0n) is 12.7. The maximum Gasteiger partial charge on any atom is 0.0170 e. The predicted octanol–water partition coefficient (Wildman–Crippen LogP) is 4.60. The summed E-state index contributed by atoms with van der Waals surface area (Å²) < 4.78 is 0. The van der Waals surface area contributed by atoms with Crippen LogP contribution < -0.4 is 5.32 Å². The molecule has 0 spiro atoms. The third-order valence-electron chi connectivity index (χ3n) is 2.91. The normalized spacial score (nSPS) is 13.2. The van der Waals surface area contributed by atoms with Gasteiger partial charge in [-0.1, -0.05) is 49.8 Å². The van der Waals surface area contributed by atoms with Crippen LogP contribution >= 0.6 is 0 Å². The molecule has 0 heterocycles. The van der Waals surface area contributed by atoms with E-state index in [1.54, 1.807) is 0 Å². The number of hydrogen-bond acceptors (Lipinski definition) is 1. The average Bonchev–Trinajstić information content (AvgIpc) is 2.26. The van der Waals surface area contributed by atoms with Crippen molar-refractivity contribution in [3.63, 3.8) is 0 Å². The Labute approximate surface area is 112 Å². The van der Waals surface area contributed by atoms with Gasteiger partial charge in [0.05, 0.1) is 0 Å². The topological polar surface area (TPSA) is 12.0 Å². The first kappa shape index (κ1) is 15.0. The Bertz CT molecular complexity index is 391. The van der Waals surface area contributed by atoms with Crippen LogP contribution in [-0.4, -0.2) is 12.1 Å². The molecule has 100 valence electrons. The van der Waals surface area contributed by atoms with Gasteiger partial charge in [0.15, 0.2) is 0 Å². The minimum Gasteiger partial charge on any atom is -0.308 e. The summed E-state index contributed by atoms with van der Waals surface area (Å²) in [6.07, 6.45) is 2.25. The molecule has 18 heavy (non-hydrogen) atoms. The Kier molecular flexibility index (Phi) is 5.15. The highest BCUT2D eigenvalue weighted by atomic mass is 14.9. The fourth-order valence-corrected chi connectivity index (χ4v) is 1.72. The second-order valence-corrected chi connectivity index (χ2v) is 6.42. The van der Waals surface area contributed by atoms with Crippen LogP contribution in [0, 0.1) is 0 Å². The van der Waals surface area contributed by atoms with Gasteiger partial charge in [0.25, 0.3) is 0 Å². The first-order chi connectivity index (χ1) is 8.28. The van der Waals surface area contributed by atoms with E-state index in [2.05, 4.69) is 77.2 Å². The third-order valence-corrected chi connectivity index (χ3v) is 2.91. The van der Waals surface area contributed by atoms with E-state index in [1.165, 1.54) is 16.7 Å². The summed E-state index contributed by atoms with van der Waals surface area (Å²) in [5.74, 6) is 0.603. The number of nitrogens with one attached hydrogen (secondary N) is 1. The molecule has 0 saturated heterocycles. The molecule has 0 atom stereocenters. The summed E-state index contributed by atoms with van der Waals surface area (Å²) in [6.45, 7) is 14.1. The van der Waals surface area contributed by atoms with Gasteiger partial charge in [-0.15, -0.1) is 0 Å². The Balaban J connectivity index is 2.65. The van der Waals surface area contributed by atoms with E-state index >= 15 is 0 Å². The molecule has 1 N–H and O–H groups in total. The highest BCUT2D eigenvalue weighted by Crippen LogP contribution is 2.16. The van der Waals surface area contributed by atoms with Gasteiger partial charge in [-0.3, -0.25) is 0 Å². The van der Waals surface area contributed by atoms with Gasteiger partial charge in [-0.05, 0) is 44.7 Å². The van der Waals surface area contributed by atoms with Gasteiger partial charge in [0.1, 0.15) is 0 Å². The Morgan fingerprint density at radius 3 is 2.17 bits per heavy atom. The zero-order valence-corrected chi connectivity index (χ0v) is 12.7. The molecular formula is C17H27N. The van der Waals surface area contributed by atoms with Crippen molar-refractivity contribution in [3.8, 4) is 0 Å². The fourth-order valence-electron chi connectivity index (χ4n) is 1.72. The van der Waals surface area contributed by atoms with Gasteiger partial charge in [0, 0.05) is 12.1 Å². The van der Waals surface area contributed by atoms with Gasteiger partial charge in [-0.2, -0.15) is 0 Å². The van der Waals surface area contributed by atoms with E-state index < -0.39 is 0 Å². The maximum atomic E-state index is 3.50. The van der Waals surface area contributed by atoms with Crippen molar-refractivity contribution in [1.82, 2.24) is 5.32 Å². The lowest BCUT2D eigenvalue weighted by molar-refractivity contribution is 0.445. The summed E-state index contributed by atoms with van der Waals surface area (Å²) in [7, 11) is 0. The fraction of sp³-hybridized carbons (Fsp3) is 0.529. The molecule has 0 aromatic heterocycles. The Morgan fingerprint density at radius 2 is 1.72 bits per heavy atom. The smallest absolute Gasteiger partial charge is 0.0170 e. The molecule has 0 radical (unpaired) electrons. The predicted molar refractivity (Wildman–Crippen MR) is 81.9 cm³/mol. The summed E-state index contributed by atoms with van der Waals surface area (Å²) in [5.41, 5.74) is 4.23. The molecule has 0 saturated carbocycles. The van der Waals surface area contributed by atoms with Crippen molar-refractivity contribution in [1.29, 1.82) is 0 Å². The van der Waals surface area contributed by atoms with Gasteiger partial charge in [0.2, 0.25) is 0 Å². The summed E-state index contributed by atoms with van der Waals surface area (Å²) in [4.78, 5) is 0. The highest BCUT2D eigenvalue weighted by molar-refractivity contribution is 5.53. The van der Waals surface area contributed by atoms with Crippen molar-refractivity contribution in [2.75, 3.05) is 6.54 Å². The molecule has 0 amide bonds. The standard InChI is InChI=1S/C17H27N/c1-13(2)16-9-7-15(8-10-16)11-14(3)12-18-17(4,5)6/h7-11,13,18H,12H2,1-6H3. The largest absolute Gasteiger partial charge is 0.308 e. The monoisotopic (exact) mass is 245 g/mol. The minimum atomic E-state index is 0.177. The van der Waals surface area contributed by atoms with E-state index in [0.717, 1.165) is 6.54 Å². The highest BCUT2D eigenvalue weighted by Gasteiger charge is 2.07. The van der Waals surface area contributed by atoms with Crippen LogP contribution in [0.5, 0.6) is 0 Å². The summed E-state index contributed by atoms with van der Waals surface area (Å²) >= 11 is 0. The first-order valence-electron chi connectivity index (χ1n) is 6.80. The third kappa shape index (κ3) is 5.50. The number of rotatable bonds is 4. The van der Waals surface area contributed by atoms with Crippen LogP contribution in [0.3, 0.4) is 0 Å². The molecule has 1 nitrogen and oxygen atoms in total. The van der Waals surface area contributed by atoms with Crippen molar-refractivity contribution < 1.29 is 0 Å². The van der Waals surface area contributed by atoms with Gasteiger partial charge in [-0.25, -0.2) is 0 Å². The molecule has 0 aliphatic heterocycles. The van der Waals surface area contributed by atoms with Crippen LogP contribution in [0.25, 0.3) is 6.08 Å². The quantitative estimate of drug-likeness (QED) is 0.817. The second kappa shape index (κ2) is 6.19. The summed E-state index contributed by atoms with van der Waals surface area (Å²) in [5, 5.41) is 3.50. The Morgan fingerprint density at radius 1 is 1.17 bits per heavy atom. The van der Waals surface area contributed by atoms with E-state index in [9.17, 15) is 0 Å². The lowest BCUT2D eigenvalue weighted by Crippen LogP contribution is -2.36. The van der Waals surface area contributed by atoms with E-state index in [0.29, 0.717) is 5.92 Å². The van der Waals surface area contributed by atoms with Crippen LogP contribution in [-0.2, 0) is 0 Å². The molecule has 0 unspecified atom stereocenters. The van der Waals surface area contributed by atoms with Crippen LogP contribution in [0.4, 0.5) is 0 Å². The zero-order chi connectivity index (χ0) is 13.8. The molecule has 0 bridgehead atoms. The number of benzene rings is 1. The molecule has 0 aliphatic carbocycles. The van der Waals surface area contributed by atoms with Crippen molar-refractivity contribution in [3.05, 3.63) is 41.0 Å². The van der Waals surface area contributed by atoms with E-state index in [1.807, 2.05) is 0 Å². The van der Waals surface area contributed by atoms with Crippen LogP contribution in [0.15, 0.2) is 29.8 Å². The second-order valence-electron chi connectivity index (χ2n) is 6.42. The molecule has 1 heteroatoms. The van der Waals surface area contributed by atoms with Gasteiger partial charge >= 0.3 is 0 Å². The molecular weight excluding hydrogens is 218 g/mol. The average molecular weight is 245 g/mol. The first-order valence-corrected chi connectivity index (χ1v) is 6.80. The maximum absolute atomic E-state index is 3.50. The molecule has 1 rings (SSSR count). The lowest BCUT2D eigenvalue weighted by Gasteiger charge is -2.20. The summed E-state index contributed by atoms with van der Waals surface area (Å²) in [6, 6.07) is 8.85. The SMILES string of the molecule is CC(=Cc1ccc(C(C)C)cc1)CNC(C)(C)C. The van der Waals surface area contributed by atoms with E-state index in [4.69, 9.17) is 0 Å². The molecule has 0 fully saturated rings. The lowest BCUT2D eigenvalue weighted by atomic mass is 10.0. The molecule has 1 aromatic rings. The van der Waals surface area contributed by atoms with Crippen molar-refractivity contribution >= 4 is 6.08 Å².